The minimum Gasteiger partial charge on any atom is -0.321 e. The zero-order chi connectivity index (χ0) is 12.6. The molecule has 0 aliphatic rings. The Morgan fingerprint density at radius 1 is 1.41 bits per heavy atom. The lowest BCUT2D eigenvalue weighted by Crippen LogP contribution is -2.09. The van der Waals surface area contributed by atoms with Crippen molar-refractivity contribution in [3.63, 3.8) is 0 Å². The Morgan fingerprint density at radius 2 is 2.12 bits per heavy atom. The van der Waals surface area contributed by atoms with Crippen molar-refractivity contribution in [3.8, 4) is 0 Å². The van der Waals surface area contributed by atoms with Crippen molar-refractivity contribution in [2.45, 2.75) is 18.9 Å². The van der Waals surface area contributed by atoms with Gasteiger partial charge in [-0.2, -0.15) is 0 Å². The summed E-state index contributed by atoms with van der Waals surface area (Å²) >= 11 is 7.47. The summed E-state index contributed by atoms with van der Waals surface area (Å²) in [6, 6.07) is 2.73. The van der Waals surface area contributed by atoms with Crippen LogP contribution in [-0.4, -0.2) is 16.0 Å². The molecule has 0 aliphatic carbocycles. The maximum Gasteiger partial charge on any atom is 0.256 e. The van der Waals surface area contributed by atoms with E-state index in [0.717, 1.165) is 0 Å². The predicted octanol–water partition coefficient (Wildman–Crippen LogP) is 3.78. The van der Waals surface area contributed by atoms with Gasteiger partial charge in [0.25, 0.3) is 6.43 Å². The van der Waals surface area contributed by atoms with E-state index in [-0.39, 0.29) is 5.88 Å². The van der Waals surface area contributed by atoms with Crippen LogP contribution in [-0.2, 0) is 12.4 Å². The average molecular weight is 375 g/mol. The largest absolute Gasteiger partial charge is 0.321 e. The Hall–Kier alpha value is -0.500. The molecule has 1 aromatic heterocycles. The van der Waals surface area contributed by atoms with E-state index < -0.39 is 18.8 Å². The minimum atomic E-state index is -2.53. The molecule has 0 amide bonds. The summed E-state index contributed by atoms with van der Waals surface area (Å²) in [6.45, 7) is -0.529. The number of hydrogen-bond donors (Lipinski definition) is 0. The Bertz CT molecular complexity index is 556. The predicted molar refractivity (Wildman–Crippen MR) is 68.0 cm³/mol. The van der Waals surface area contributed by atoms with Crippen LogP contribution in [0.1, 0.15) is 5.82 Å². The molecule has 2 nitrogen and oxygen atoms in total. The van der Waals surface area contributed by atoms with Gasteiger partial charge in [0.05, 0.1) is 27.0 Å². The number of fused-ring (bicyclic) bond motifs is 1. The number of halogens is 5. The highest BCUT2D eigenvalue weighted by Gasteiger charge is 2.15. The quantitative estimate of drug-likeness (QED) is 0.590. The third-order valence-electron chi connectivity index (χ3n) is 2.31. The number of imidazole rings is 1. The highest BCUT2D eigenvalue weighted by molar-refractivity contribution is 14.1. The Kier molecular flexibility index (Phi) is 3.82. The summed E-state index contributed by atoms with van der Waals surface area (Å²) in [7, 11) is 0. The molecule has 2 rings (SSSR count). The molecule has 1 heterocycles. The van der Waals surface area contributed by atoms with Crippen molar-refractivity contribution in [1.29, 1.82) is 0 Å². The number of rotatable bonds is 3. The number of hydrogen-bond acceptors (Lipinski definition) is 1. The molecule has 1 aromatic carbocycles. The maximum atomic E-state index is 13.4. The molecule has 0 N–H and O–H groups in total. The third-order valence-corrected chi connectivity index (χ3v) is 3.38. The zero-order valence-electron chi connectivity index (χ0n) is 8.43. The molecular formula is C10H7ClF3IN2. The van der Waals surface area contributed by atoms with Crippen LogP contribution < -0.4 is 0 Å². The lowest BCUT2D eigenvalue weighted by molar-refractivity contribution is 0.127. The van der Waals surface area contributed by atoms with Crippen LogP contribution in [0, 0.1) is 9.39 Å². The normalized spacial score (nSPS) is 11.6. The minimum absolute atomic E-state index is 0.0135. The molecule has 92 valence electrons. The van der Waals surface area contributed by atoms with Gasteiger partial charge in [-0.25, -0.2) is 18.2 Å². The van der Waals surface area contributed by atoms with Gasteiger partial charge in [0.1, 0.15) is 11.6 Å². The molecule has 0 saturated carbocycles. The van der Waals surface area contributed by atoms with E-state index >= 15 is 0 Å². The van der Waals surface area contributed by atoms with Gasteiger partial charge < -0.3 is 4.57 Å². The molecule has 0 radical (unpaired) electrons. The van der Waals surface area contributed by atoms with E-state index in [9.17, 15) is 13.2 Å². The molecule has 0 unspecified atom stereocenters. The number of alkyl halides is 3. The van der Waals surface area contributed by atoms with Gasteiger partial charge in [-0.1, -0.05) is 0 Å². The van der Waals surface area contributed by atoms with Crippen molar-refractivity contribution in [2.75, 3.05) is 0 Å². The number of nitrogens with zero attached hydrogens (tertiary/aromatic N) is 2. The van der Waals surface area contributed by atoms with Crippen molar-refractivity contribution >= 4 is 45.2 Å². The van der Waals surface area contributed by atoms with Crippen molar-refractivity contribution in [2.24, 2.45) is 0 Å². The molecule has 0 aliphatic heterocycles. The number of aromatic nitrogens is 2. The summed E-state index contributed by atoms with van der Waals surface area (Å²) in [4.78, 5) is 4.11. The summed E-state index contributed by atoms with van der Waals surface area (Å²) < 4.78 is 39.9. The summed E-state index contributed by atoms with van der Waals surface area (Å²) in [5.74, 6) is -0.113. The fourth-order valence-electron chi connectivity index (χ4n) is 1.61. The molecule has 7 heteroatoms. The lowest BCUT2D eigenvalue weighted by atomic mass is 10.3. The van der Waals surface area contributed by atoms with Gasteiger partial charge in [0.2, 0.25) is 0 Å². The van der Waals surface area contributed by atoms with Crippen LogP contribution >= 0.6 is 34.2 Å². The Labute approximate surface area is 114 Å². The first-order valence-electron chi connectivity index (χ1n) is 4.71. The maximum absolute atomic E-state index is 13.4. The number of benzene rings is 1. The summed E-state index contributed by atoms with van der Waals surface area (Å²) in [5, 5.41) is 0. The van der Waals surface area contributed by atoms with Crippen LogP contribution in [0.3, 0.4) is 0 Å². The molecule has 2 aromatic rings. The monoisotopic (exact) mass is 374 g/mol. The standard InChI is InChI=1S/C10H7ClF3IN2/c11-3-10-16-7-2-6(15)5(12)1-8(7)17(10)4-9(13)14/h1-2,9H,3-4H2. The SMILES string of the molecule is Fc1cc2c(cc1I)nc(CCl)n2CC(F)F. The van der Waals surface area contributed by atoms with Gasteiger partial charge in [-0.3, -0.25) is 0 Å². The lowest BCUT2D eigenvalue weighted by Gasteiger charge is -2.06. The van der Waals surface area contributed by atoms with Crippen LogP contribution in [0.15, 0.2) is 12.1 Å². The van der Waals surface area contributed by atoms with Crippen LogP contribution in [0.25, 0.3) is 11.0 Å². The molecule has 0 fully saturated rings. The smallest absolute Gasteiger partial charge is 0.256 e. The Balaban J connectivity index is 2.65. The fourth-order valence-corrected chi connectivity index (χ4v) is 2.27. The second kappa shape index (κ2) is 5.01. The van der Waals surface area contributed by atoms with Gasteiger partial charge in [0.15, 0.2) is 0 Å². The van der Waals surface area contributed by atoms with Gasteiger partial charge in [0, 0.05) is 6.07 Å². The second-order valence-electron chi connectivity index (χ2n) is 3.42. The molecule has 0 spiro atoms. The third kappa shape index (κ3) is 2.52. The first kappa shape index (κ1) is 12.9. The first-order chi connectivity index (χ1) is 8.02. The van der Waals surface area contributed by atoms with Crippen molar-refractivity contribution < 1.29 is 13.2 Å². The van der Waals surface area contributed by atoms with Gasteiger partial charge in [-0.05, 0) is 28.7 Å². The van der Waals surface area contributed by atoms with E-state index in [1.54, 1.807) is 0 Å². The highest BCUT2D eigenvalue weighted by atomic mass is 127. The Morgan fingerprint density at radius 3 is 2.71 bits per heavy atom. The van der Waals surface area contributed by atoms with Crippen molar-refractivity contribution in [1.82, 2.24) is 9.55 Å². The van der Waals surface area contributed by atoms with E-state index in [0.29, 0.717) is 20.4 Å². The molecular weight excluding hydrogens is 367 g/mol. The fraction of sp³-hybridized carbons (Fsp3) is 0.300. The van der Waals surface area contributed by atoms with E-state index in [2.05, 4.69) is 4.98 Å². The summed E-state index contributed by atoms with van der Waals surface area (Å²) in [5.41, 5.74) is 0.825. The van der Waals surface area contributed by atoms with Crippen molar-refractivity contribution in [3.05, 3.63) is 27.3 Å². The molecule has 0 atom stereocenters. The molecule has 0 bridgehead atoms. The van der Waals surface area contributed by atoms with Crippen LogP contribution in [0.5, 0.6) is 0 Å². The van der Waals surface area contributed by atoms with E-state index in [1.165, 1.54) is 16.7 Å². The topological polar surface area (TPSA) is 17.8 Å². The zero-order valence-corrected chi connectivity index (χ0v) is 11.3. The molecule has 0 saturated heterocycles. The van der Waals surface area contributed by atoms with Gasteiger partial charge >= 0.3 is 0 Å². The summed E-state index contributed by atoms with van der Waals surface area (Å²) in [6.07, 6.45) is -2.53. The highest BCUT2D eigenvalue weighted by Crippen LogP contribution is 2.23. The second-order valence-corrected chi connectivity index (χ2v) is 4.85. The first-order valence-corrected chi connectivity index (χ1v) is 6.32. The van der Waals surface area contributed by atoms with Gasteiger partial charge in [-0.15, -0.1) is 11.6 Å². The van der Waals surface area contributed by atoms with Crippen LogP contribution in [0.2, 0.25) is 0 Å². The van der Waals surface area contributed by atoms with Crippen LogP contribution in [0.4, 0.5) is 13.2 Å². The van der Waals surface area contributed by atoms with E-state index in [1.807, 2.05) is 22.6 Å². The molecule has 17 heavy (non-hydrogen) atoms. The van der Waals surface area contributed by atoms with E-state index in [4.69, 9.17) is 11.6 Å². The average Bonchev–Trinajstić information content (AvgIpc) is 2.57.